The smallest absolute Gasteiger partial charge is 0.302 e. The van der Waals surface area contributed by atoms with Crippen LogP contribution in [0.15, 0.2) is 18.2 Å². The van der Waals surface area contributed by atoms with E-state index >= 15 is 0 Å². The van der Waals surface area contributed by atoms with Gasteiger partial charge in [0.2, 0.25) is 5.91 Å². The molecular formula is C19H26Cl2N2O4. The Labute approximate surface area is 170 Å². The summed E-state index contributed by atoms with van der Waals surface area (Å²) in [5.74, 6) is 0.143. The standard InChI is InChI=1S/C13H22N2O3.C6H4Cl2O/c1-10(16)18-12-7-11(8-12)14(2)9-13(17)15-5-3-4-6-15;7-5-2-1-4(9)3-6(5)8/h11-12H,3-9H2,1-2H3;1-3,9H. The molecule has 27 heavy (non-hydrogen) atoms. The molecule has 3 rings (SSSR count). The van der Waals surface area contributed by atoms with Crippen molar-refractivity contribution in [3.05, 3.63) is 28.2 Å². The molecule has 1 aliphatic carbocycles. The monoisotopic (exact) mass is 416 g/mol. The second kappa shape index (κ2) is 10.2. The Morgan fingerprint density at radius 1 is 1.22 bits per heavy atom. The third-order valence-electron chi connectivity index (χ3n) is 4.77. The Hall–Kier alpha value is -1.50. The Balaban J connectivity index is 0.000000244. The van der Waals surface area contributed by atoms with Gasteiger partial charge < -0.3 is 14.7 Å². The van der Waals surface area contributed by atoms with Crippen LogP contribution in [-0.2, 0) is 14.3 Å². The normalized spacial score (nSPS) is 21.3. The van der Waals surface area contributed by atoms with Gasteiger partial charge in [0.25, 0.3) is 0 Å². The van der Waals surface area contributed by atoms with Crippen LogP contribution in [0.5, 0.6) is 5.75 Å². The van der Waals surface area contributed by atoms with E-state index in [4.69, 9.17) is 33.0 Å². The zero-order chi connectivity index (χ0) is 20.0. The summed E-state index contributed by atoms with van der Waals surface area (Å²) < 4.78 is 5.11. The molecule has 150 valence electrons. The number of nitrogens with zero attached hydrogens (tertiary/aromatic N) is 2. The minimum atomic E-state index is -0.214. The molecule has 0 unspecified atom stereocenters. The number of carbonyl (C=O) groups excluding carboxylic acids is 2. The van der Waals surface area contributed by atoms with Crippen LogP contribution in [0.25, 0.3) is 0 Å². The van der Waals surface area contributed by atoms with Crippen LogP contribution in [0.3, 0.4) is 0 Å². The number of ether oxygens (including phenoxy) is 1. The lowest BCUT2D eigenvalue weighted by Gasteiger charge is -2.40. The van der Waals surface area contributed by atoms with Crippen molar-refractivity contribution >= 4 is 35.1 Å². The van der Waals surface area contributed by atoms with Crippen LogP contribution in [0.1, 0.15) is 32.6 Å². The largest absolute Gasteiger partial charge is 0.508 e. The van der Waals surface area contributed by atoms with Crippen molar-refractivity contribution in [2.24, 2.45) is 0 Å². The van der Waals surface area contributed by atoms with Crippen molar-refractivity contribution in [1.82, 2.24) is 9.80 Å². The van der Waals surface area contributed by atoms with Gasteiger partial charge in [-0.25, -0.2) is 0 Å². The van der Waals surface area contributed by atoms with Gasteiger partial charge in [0, 0.05) is 38.9 Å². The zero-order valence-electron chi connectivity index (χ0n) is 15.7. The van der Waals surface area contributed by atoms with Crippen molar-refractivity contribution in [3.8, 4) is 5.75 Å². The number of phenolic OH excluding ortho intramolecular Hbond substituents is 1. The molecule has 1 heterocycles. The predicted octanol–water partition coefficient (Wildman–Crippen LogP) is 3.33. The first-order valence-corrected chi connectivity index (χ1v) is 9.81. The highest BCUT2D eigenvalue weighted by Gasteiger charge is 2.35. The molecule has 6 nitrogen and oxygen atoms in total. The number of hydrogen-bond acceptors (Lipinski definition) is 5. The fraction of sp³-hybridized carbons (Fsp3) is 0.579. The van der Waals surface area contributed by atoms with Gasteiger partial charge in [-0.2, -0.15) is 0 Å². The summed E-state index contributed by atoms with van der Waals surface area (Å²) in [4.78, 5) is 26.8. The maximum atomic E-state index is 12.0. The molecule has 8 heteroatoms. The molecule has 2 fully saturated rings. The summed E-state index contributed by atoms with van der Waals surface area (Å²) >= 11 is 11.1. The highest BCUT2D eigenvalue weighted by atomic mass is 35.5. The number of esters is 1. The second-order valence-corrected chi connectivity index (χ2v) is 7.77. The fourth-order valence-corrected chi connectivity index (χ4v) is 3.42. The average molecular weight is 417 g/mol. The van der Waals surface area contributed by atoms with Crippen molar-refractivity contribution < 1.29 is 19.4 Å². The predicted molar refractivity (Wildman–Crippen MR) is 105 cm³/mol. The number of likely N-dealkylation sites (tertiary alicyclic amines) is 1. The SMILES string of the molecule is CC(=O)OC1CC(N(C)CC(=O)N2CCCC2)C1.Oc1ccc(Cl)c(Cl)c1. The van der Waals surface area contributed by atoms with E-state index in [1.54, 1.807) is 6.07 Å². The van der Waals surface area contributed by atoms with E-state index in [1.807, 2.05) is 11.9 Å². The summed E-state index contributed by atoms with van der Waals surface area (Å²) in [6.07, 6.45) is 4.02. The zero-order valence-corrected chi connectivity index (χ0v) is 17.2. The number of aromatic hydroxyl groups is 1. The highest BCUT2D eigenvalue weighted by molar-refractivity contribution is 6.42. The molecule has 2 aliphatic rings. The van der Waals surface area contributed by atoms with Crippen LogP contribution in [-0.4, -0.2) is 65.6 Å². The van der Waals surface area contributed by atoms with Crippen LogP contribution in [0, 0.1) is 0 Å². The van der Waals surface area contributed by atoms with Gasteiger partial charge in [-0.1, -0.05) is 23.2 Å². The molecule has 1 saturated carbocycles. The number of hydrogen-bond donors (Lipinski definition) is 1. The molecule has 1 amide bonds. The molecule has 1 saturated heterocycles. The van der Waals surface area contributed by atoms with Crippen LogP contribution >= 0.6 is 23.2 Å². The van der Waals surface area contributed by atoms with E-state index in [2.05, 4.69) is 4.90 Å². The summed E-state index contributed by atoms with van der Waals surface area (Å²) in [7, 11) is 1.97. The van der Waals surface area contributed by atoms with Gasteiger partial charge in [0.05, 0.1) is 16.6 Å². The summed E-state index contributed by atoms with van der Waals surface area (Å²) in [5, 5.41) is 9.62. The molecule has 1 aromatic rings. The van der Waals surface area contributed by atoms with Gasteiger partial charge in [-0.3, -0.25) is 14.5 Å². The second-order valence-electron chi connectivity index (χ2n) is 6.96. The average Bonchev–Trinajstić information content (AvgIpc) is 3.09. The van der Waals surface area contributed by atoms with Gasteiger partial charge in [0.15, 0.2) is 0 Å². The topological polar surface area (TPSA) is 70.1 Å². The van der Waals surface area contributed by atoms with Crippen molar-refractivity contribution in [2.45, 2.75) is 44.8 Å². The number of phenols is 1. The number of likely N-dealkylation sites (N-methyl/N-ethyl adjacent to an activating group) is 1. The quantitative estimate of drug-likeness (QED) is 0.762. The van der Waals surface area contributed by atoms with Crippen molar-refractivity contribution in [1.29, 1.82) is 0 Å². The van der Waals surface area contributed by atoms with E-state index in [0.29, 0.717) is 22.6 Å². The Morgan fingerprint density at radius 3 is 2.37 bits per heavy atom. The van der Waals surface area contributed by atoms with Crippen molar-refractivity contribution in [2.75, 3.05) is 26.7 Å². The van der Waals surface area contributed by atoms with E-state index in [9.17, 15) is 9.59 Å². The minimum absolute atomic E-state index is 0.0526. The molecule has 0 atom stereocenters. The Kier molecular flexibility index (Phi) is 8.20. The molecule has 0 bridgehead atoms. The number of carbonyl (C=O) groups is 2. The fourth-order valence-electron chi connectivity index (χ4n) is 3.12. The lowest BCUT2D eigenvalue weighted by atomic mass is 9.88. The highest BCUT2D eigenvalue weighted by Crippen LogP contribution is 2.28. The lowest BCUT2D eigenvalue weighted by molar-refractivity contribution is -0.154. The summed E-state index contributed by atoms with van der Waals surface area (Å²) in [5.41, 5.74) is 0. The Bertz CT molecular complexity index is 659. The number of rotatable bonds is 4. The summed E-state index contributed by atoms with van der Waals surface area (Å²) in [6, 6.07) is 4.79. The third-order valence-corrected chi connectivity index (χ3v) is 5.51. The molecule has 0 radical (unpaired) electrons. The first-order valence-electron chi connectivity index (χ1n) is 9.05. The van der Waals surface area contributed by atoms with Crippen LogP contribution in [0.2, 0.25) is 10.0 Å². The Morgan fingerprint density at radius 2 is 1.85 bits per heavy atom. The van der Waals surface area contributed by atoms with Gasteiger partial charge >= 0.3 is 5.97 Å². The van der Waals surface area contributed by atoms with Gasteiger partial charge in [-0.05, 0) is 38.1 Å². The molecule has 0 aromatic heterocycles. The molecule has 1 N–H and O–H groups in total. The maximum absolute atomic E-state index is 12.0. The van der Waals surface area contributed by atoms with Crippen molar-refractivity contribution in [3.63, 3.8) is 0 Å². The number of benzene rings is 1. The van der Waals surface area contributed by atoms with Gasteiger partial charge in [-0.15, -0.1) is 0 Å². The molecule has 1 aliphatic heterocycles. The number of halogens is 2. The molecule has 1 aromatic carbocycles. The summed E-state index contributed by atoms with van der Waals surface area (Å²) in [6.45, 7) is 3.74. The first-order chi connectivity index (χ1) is 12.8. The van der Waals surface area contributed by atoms with E-state index in [0.717, 1.165) is 38.8 Å². The van der Waals surface area contributed by atoms with Crippen LogP contribution < -0.4 is 0 Å². The molecule has 0 spiro atoms. The van der Waals surface area contributed by atoms with E-state index in [-0.39, 0.29) is 23.7 Å². The van der Waals surface area contributed by atoms with E-state index < -0.39 is 0 Å². The van der Waals surface area contributed by atoms with E-state index in [1.165, 1.54) is 19.1 Å². The lowest BCUT2D eigenvalue weighted by Crippen LogP contribution is -2.50. The first kappa shape index (κ1) is 21.8. The van der Waals surface area contributed by atoms with Crippen LogP contribution in [0.4, 0.5) is 0 Å². The minimum Gasteiger partial charge on any atom is -0.508 e. The third kappa shape index (κ3) is 6.87. The number of amides is 1. The van der Waals surface area contributed by atoms with Gasteiger partial charge in [0.1, 0.15) is 11.9 Å². The maximum Gasteiger partial charge on any atom is 0.302 e. The molecular weight excluding hydrogens is 391 g/mol.